The second-order valence-corrected chi connectivity index (χ2v) is 6.79. The van der Waals surface area contributed by atoms with E-state index < -0.39 is 0 Å². The van der Waals surface area contributed by atoms with E-state index in [2.05, 4.69) is 30.4 Å². The van der Waals surface area contributed by atoms with Gasteiger partial charge in [-0.2, -0.15) is 0 Å². The molecule has 0 aliphatic carbocycles. The van der Waals surface area contributed by atoms with Crippen LogP contribution in [0.25, 0.3) is 0 Å². The minimum Gasteiger partial charge on any atom is -0.493 e. The zero-order valence-corrected chi connectivity index (χ0v) is 17.0. The molecule has 2 aromatic rings. The smallest absolute Gasteiger partial charge is 0.195 e. The number of guanidine groups is 1. The molecular formula is C20H30N6O2. The van der Waals surface area contributed by atoms with Gasteiger partial charge in [0.15, 0.2) is 17.5 Å². The van der Waals surface area contributed by atoms with Gasteiger partial charge in [0.05, 0.1) is 14.2 Å². The molecular weight excluding hydrogens is 356 g/mol. The predicted octanol–water partition coefficient (Wildman–Crippen LogP) is 2.64. The van der Waals surface area contributed by atoms with Crippen molar-refractivity contribution in [3.8, 4) is 11.5 Å². The van der Waals surface area contributed by atoms with Crippen molar-refractivity contribution in [2.75, 3.05) is 33.1 Å². The van der Waals surface area contributed by atoms with E-state index in [1.165, 1.54) is 19.3 Å². The lowest BCUT2D eigenvalue weighted by atomic mass is 10.2. The number of aliphatic imine (C=N–C) groups is 1. The molecule has 8 nitrogen and oxygen atoms in total. The molecule has 0 radical (unpaired) electrons. The van der Waals surface area contributed by atoms with Crippen LogP contribution >= 0.6 is 0 Å². The number of ether oxygens (including phenoxy) is 2. The van der Waals surface area contributed by atoms with E-state index in [1.807, 2.05) is 18.2 Å². The summed E-state index contributed by atoms with van der Waals surface area (Å²) in [6.45, 7) is 1.85. The van der Waals surface area contributed by atoms with Gasteiger partial charge in [0.25, 0.3) is 0 Å². The SMILES string of the molecule is CN=C(NCCCc1nnc2n1CCCCC2)Nc1ccc(OC)c(OC)c1. The van der Waals surface area contributed by atoms with Gasteiger partial charge in [-0.3, -0.25) is 4.99 Å². The fourth-order valence-corrected chi connectivity index (χ4v) is 3.41. The number of rotatable bonds is 7. The molecule has 0 amide bonds. The second-order valence-electron chi connectivity index (χ2n) is 6.79. The standard InChI is InChI=1S/C20H30N6O2/c1-21-20(23-15-10-11-16(27-2)17(14-15)28-3)22-12-7-9-19-25-24-18-8-5-4-6-13-26(18)19/h10-11,14H,4-9,12-13H2,1-3H3,(H2,21,22,23). The Kier molecular flexibility index (Phi) is 7.11. The Morgan fingerprint density at radius 3 is 2.79 bits per heavy atom. The number of aryl methyl sites for hydroxylation is 2. The molecule has 28 heavy (non-hydrogen) atoms. The summed E-state index contributed by atoms with van der Waals surface area (Å²) in [5, 5.41) is 15.4. The van der Waals surface area contributed by atoms with Crippen LogP contribution in [-0.4, -0.2) is 48.5 Å². The van der Waals surface area contributed by atoms with Crippen LogP contribution in [0.3, 0.4) is 0 Å². The lowest BCUT2D eigenvalue weighted by Crippen LogP contribution is -2.31. The van der Waals surface area contributed by atoms with Gasteiger partial charge in [-0.25, -0.2) is 0 Å². The summed E-state index contributed by atoms with van der Waals surface area (Å²) in [4.78, 5) is 4.29. The molecule has 2 N–H and O–H groups in total. The lowest BCUT2D eigenvalue weighted by Gasteiger charge is -2.14. The van der Waals surface area contributed by atoms with Gasteiger partial charge < -0.3 is 24.7 Å². The molecule has 0 spiro atoms. The number of nitrogens with one attached hydrogen (secondary N) is 2. The maximum Gasteiger partial charge on any atom is 0.195 e. The van der Waals surface area contributed by atoms with Crippen LogP contribution in [0.2, 0.25) is 0 Å². The molecule has 152 valence electrons. The Bertz CT molecular complexity index is 802. The van der Waals surface area contributed by atoms with Gasteiger partial charge in [0.2, 0.25) is 0 Å². The summed E-state index contributed by atoms with van der Waals surface area (Å²) in [7, 11) is 5.01. The lowest BCUT2D eigenvalue weighted by molar-refractivity contribution is 0.355. The Hall–Kier alpha value is -2.77. The summed E-state index contributed by atoms with van der Waals surface area (Å²) in [5.41, 5.74) is 0.883. The van der Waals surface area contributed by atoms with Crippen molar-refractivity contribution in [1.82, 2.24) is 20.1 Å². The fraction of sp³-hybridized carbons (Fsp3) is 0.550. The number of anilines is 1. The minimum absolute atomic E-state index is 0.676. The van der Waals surface area contributed by atoms with Crippen LogP contribution < -0.4 is 20.1 Å². The number of nitrogens with zero attached hydrogens (tertiary/aromatic N) is 4. The molecule has 8 heteroatoms. The molecule has 1 aliphatic rings. The topological polar surface area (TPSA) is 85.6 Å². The maximum atomic E-state index is 5.35. The number of methoxy groups -OCH3 is 2. The first kappa shape index (κ1) is 20.0. The predicted molar refractivity (Wildman–Crippen MR) is 110 cm³/mol. The minimum atomic E-state index is 0.676. The largest absolute Gasteiger partial charge is 0.493 e. The van der Waals surface area contributed by atoms with E-state index in [0.29, 0.717) is 17.5 Å². The Labute approximate surface area is 166 Å². The van der Waals surface area contributed by atoms with Gasteiger partial charge in [-0.1, -0.05) is 6.42 Å². The maximum absolute atomic E-state index is 5.35. The average molecular weight is 387 g/mol. The highest BCUT2D eigenvalue weighted by Crippen LogP contribution is 2.29. The monoisotopic (exact) mass is 386 g/mol. The highest BCUT2D eigenvalue weighted by Gasteiger charge is 2.14. The number of benzene rings is 1. The van der Waals surface area contributed by atoms with Crippen molar-refractivity contribution in [2.24, 2.45) is 4.99 Å². The van der Waals surface area contributed by atoms with Crippen molar-refractivity contribution in [1.29, 1.82) is 0 Å². The number of hydrogen-bond donors (Lipinski definition) is 2. The van der Waals surface area contributed by atoms with E-state index in [4.69, 9.17) is 9.47 Å². The molecule has 0 unspecified atom stereocenters. The molecule has 3 rings (SSSR count). The quantitative estimate of drug-likeness (QED) is 0.432. The third kappa shape index (κ3) is 4.94. The normalized spacial score (nSPS) is 14.2. The number of hydrogen-bond acceptors (Lipinski definition) is 5. The molecule has 1 aromatic carbocycles. The van der Waals surface area contributed by atoms with E-state index >= 15 is 0 Å². The summed E-state index contributed by atoms with van der Waals surface area (Å²) in [6.07, 6.45) is 6.64. The summed E-state index contributed by atoms with van der Waals surface area (Å²) < 4.78 is 12.9. The van der Waals surface area contributed by atoms with E-state index in [0.717, 1.165) is 49.7 Å². The molecule has 1 aliphatic heterocycles. The molecule has 0 saturated carbocycles. The van der Waals surface area contributed by atoms with Crippen molar-refractivity contribution in [3.05, 3.63) is 29.8 Å². The van der Waals surface area contributed by atoms with Gasteiger partial charge in [-0.15, -0.1) is 10.2 Å². The highest BCUT2D eigenvalue weighted by atomic mass is 16.5. The Morgan fingerprint density at radius 1 is 1.14 bits per heavy atom. The summed E-state index contributed by atoms with van der Waals surface area (Å²) in [6, 6.07) is 5.68. The Morgan fingerprint density at radius 2 is 2.00 bits per heavy atom. The molecule has 0 atom stereocenters. The highest BCUT2D eigenvalue weighted by molar-refractivity contribution is 5.93. The molecule has 0 bridgehead atoms. The third-order valence-electron chi connectivity index (χ3n) is 4.93. The van der Waals surface area contributed by atoms with E-state index in [9.17, 15) is 0 Å². The van der Waals surface area contributed by atoms with Crippen molar-refractivity contribution in [3.63, 3.8) is 0 Å². The second kappa shape index (κ2) is 9.96. The summed E-state index contributed by atoms with van der Waals surface area (Å²) in [5.74, 6) is 4.33. The molecule has 2 heterocycles. The first-order valence-electron chi connectivity index (χ1n) is 9.85. The number of fused-ring (bicyclic) bond motifs is 1. The van der Waals surface area contributed by atoms with Crippen LogP contribution in [0, 0.1) is 0 Å². The van der Waals surface area contributed by atoms with Gasteiger partial charge in [0.1, 0.15) is 11.6 Å². The van der Waals surface area contributed by atoms with Gasteiger partial charge >= 0.3 is 0 Å². The first-order chi connectivity index (χ1) is 13.7. The molecule has 0 saturated heterocycles. The Balaban J connectivity index is 1.49. The fourth-order valence-electron chi connectivity index (χ4n) is 3.41. The molecule has 1 aromatic heterocycles. The van der Waals surface area contributed by atoms with E-state index in [-0.39, 0.29) is 0 Å². The van der Waals surface area contributed by atoms with Crippen LogP contribution in [0.4, 0.5) is 5.69 Å². The zero-order valence-electron chi connectivity index (χ0n) is 17.0. The third-order valence-corrected chi connectivity index (χ3v) is 4.93. The molecule has 0 fully saturated rings. The van der Waals surface area contributed by atoms with E-state index in [1.54, 1.807) is 21.3 Å². The van der Waals surface area contributed by atoms with Gasteiger partial charge in [-0.05, 0) is 31.4 Å². The van der Waals surface area contributed by atoms with Gasteiger partial charge in [0, 0.05) is 44.7 Å². The van der Waals surface area contributed by atoms with Crippen molar-refractivity contribution >= 4 is 11.6 Å². The van der Waals surface area contributed by atoms with Crippen LogP contribution in [0.1, 0.15) is 37.3 Å². The summed E-state index contributed by atoms with van der Waals surface area (Å²) >= 11 is 0. The number of aromatic nitrogens is 3. The van der Waals surface area contributed by atoms with Crippen molar-refractivity contribution < 1.29 is 9.47 Å². The van der Waals surface area contributed by atoms with Crippen LogP contribution in [0.5, 0.6) is 11.5 Å². The van der Waals surface area contributed by atoms with Crippen molar-refractivity contribution in [2.45, 2.75) is 45.1 Å². The first-order valence-corrected chi connectivity index (χ1v) is 9.85. The zero-order chi connectivity index (χ0) is 19.8. The van der Waals surface area contributed by atoms with Crippen LogP contribution in [-0.2, 0) is 19.4 Å². The average Bonchev–Trinajstić information content (AvgIpc) is 2.95. The van der Waals surface area contributed by atoms with Crippen LogP contribution in [0.15, 0.2) is 23.2 Å².